The second-order valence-electron chi connectivity index (χ2n) is 6.27. The Morgan fingerprint density at radius 2 is 1.78 bits per heavy atom. The molecule has 3 N–H and O–H groups in total. The van der Waals surface area contributed by atoms with Gasteiger partial charge in [-0.25, -0.2) is 0 Å². The smallest absolute Gasteiger partial charge is 0.244 e. The third kappa shape index (κ3) is 4.86. The summed E-state index contributed by atoms with van der Waals surface area (Å²) in [5.74, 6) is -0.105. The molecule has 1 amide bonds. The van der Waals surface area contributed by atoms with Crippen molar-refractivity contribution in [3.05, 3.63) is 24.3 Å². The summed E-state index contributed by atoms with van der Waals surface area (Å²) < 4.78 is 5.28. The summed E-state index contributed by atoms with van der Waals surface area (Å²) in [5.41, 5.74) is 6.21. The number of anilines is 1. The predicted octanol–water partition coefficient (Wildman–Crippen LogP) is 3.59. The molecule has 1 heterocycles. The molecule has 0 radical (unpaired) electrons. The molecule has 2 fully saturated rings. The number of carbonyl (C=O) groups excluding carboxylic acids is 1. The van der Waals surface area contributed by atoms with Crippen LogP contribution in [0.15, 0.2) is 29.2 Å². The Morgan fingerprint density at radius 3 is 2.39 bits per heavy atom. The van der Waals surface area contributed by atoms with Gasteiger partial charge in [-0.15, -0.1) is 24.2 Å². The van der Waals surface area contributed by atoms with Crippen molar-refractivity contribution < 1.29 is 9.53 Å². The normalized spacial score (nSPS) is 20.7. The highest BCUT2D eigenvalue weighted by Crippen LogP contribution is 2.35. The van der Waals surface area contributed by atoms with Gasteiger partial charge in [0.2, 0.25) is 5.91 Å². The van der Waals surface area contributed by atoms with Gasteiger partial charge in [-0.1, -0.05) is 12.8 Å². The molecule has 1 aliphatic carbocycles. The summed E-state index contributed by atoms with van der Waals surface area (Å²) in [6, 6.07) is 8.12. The van der Waals surface area contributed by atoms with Crippen LogP contribution >= 0.6 is 24.2 Å². The number of benzene rings is 1. The average molecular weight is 357 g/mol. The molecule has 0 atom stereocenters. The Kier molecular flexibility index (Phi) is 6.77. The molecular formula is C17H25ClN2O2S. The summed E-state index contributed by atoms with van der Waals surface area (Å²) in [6.07, 6.45) is 6.51. The fraction of sp³-hybridized carbons (Fsp3) is 0.588. The van der Waals surface area contributed by atoms with E-state index in [0.29, 0.717) is 26.1 Å². The SMILES string of the molecule is Cl.NC1(C(=O)Nc2ccc(SC3CCCC3)cc2)CCOCC1. The van der Waals surface area contributed by atoms with E-state index in [1.165, 1.54) is 30.6 Å². The van der Waals surface area contributed by atoms with Crippen molar-refractivity contribution in [1.29, 1.82) is 0 Å². The number of halogens is 1. The van der Waals surface area contributed by atoms with Crippen LogP contribution in [0.1, 0.15) is 38.5 Å². The minimum Gasteiger partial charge on any atom is -0.381 e. The molecule has 128 valence electrons. The van der Waals surface area contributed by atoms with Gasteiger partial charge in [-0.3, -0.25) is 4.79 Å². The second kappa shape index (κ2) is 8.38. The van der Waals surface area contributed by atoms with E-state index in [4.69, 9.17) is 10.5 Å². The molecule has 0 bridgehead atoms. The molecule has 1 aromatic rings. The highest BCUT2D eigenvalue weighted by molar-refractivity contribution is 8.00. The van der Waals surface area contributed by atoms with Crippen molar-refractivity contribution in [2.45, 2.75) is 54.2 Å². The lowest BCUT2D eigenvalue weighted by Gasteiger charge is -2.31. The standard InChI is InChI=1S/C17H24N2O2S.ClH/c18-17(9-11-21-12-10-17)16(20)19-13-5-7-15(8-6-13)22-14-3-1-2-4-14;/h5-8,14H,1-4,9-12,18H2,(H,19,20);1H. The van der Waals surface area contributed by atoms with Crippen molar-refractivity contribution in [3.63, 3.8) is 0 Å². The van der Waals surface area contributed by atoms with Crippen LogP contribution < -0.4 is 11.1 Å². The van der Waals surface area contributed by atoms with Crippen LogP contribution in [0.4, 0.5) is 5.69 Å². The third-order valence-corrected chi connectivity index (χ3v) is 5.90. The summed E-state index contributed by atoms with van der Waals surface area (Å²) >= 11 is 1.95. The number of nitrogens with one attached hydrogen (secondary N) is 1. The van der Waals surface area contributed by atoms with Crippen molar-refractivity contribution in [2.75, 3.05) is 18.5 Å². The maximum Gasteiger partial charge on any atom is 0.244 e. The van der Waals surface area contributed by atoms with Gasteiger partial charge in [0.15, 0.2) is 0 Å². The van der Waals surface area contributed by atoms with Crippen molar-refractivity contribution in [3.8, 4) is 0 Å². The number of thioether (sulfide) groups is 1. The van der Waals surface area contributed by atoms with Gasteiger partial charge in [-0.05, 0) is 49.9 Å². The van der Waals surface area contributed by atoms with Gasteiger partial charge in [0.05, 0.1) is 0 Å². The molecule has 1 saturated heterocycles. The maximum atomic E-state index is 12.4. The number of nitrogens with two attached hydrogens (primary N) is 1. The Balaban J connectivity index is 0.00000192. The van der Waals surface area contributed by atoms with Gasteiger partial charge < -0.3 is 15.8 Å². The molecule has 6 heteroatoms. The first-order valence-corrected chi connectivity index (χ1v) is 8.98. The predicted molar refractivity (Wildman–Crippen MR) is 97.4 cm³/mol. The van der Waals surface area contributed by atoms with E-state index in [1.807, 2.05) is 23.9 Å². The lowest BCUT2D eigenvalue weighted by molar-refractivity contribution is -0.124. The summed E-state index contributed by atoms with van der Waals surface area (Å²) in [5, 5.41) is 3.70. The highest BCUT2D eigenvalue weighted by atomic mass is 35.5. The molecule has 3 rings (SSSR count). The number of rotatable bonds is 4. The van der Waals surface area contributed by atoms with E-state index in [1.54, 1.807) is 0 Å². The van der Waals surface area contributed by atoms with E-state index in [0.717, 1.165) is 10.9 Å². The molecule has 0 spiro atoms. The van der Waals surface area contributed by atoms with Crippen LogP contribution in [-0.2, 0) is 9.53 Å². The highest BCUT2D eigenvalue weighted by Gasteiger charge is 2.35. The molecule has 23 heavy (non-hydrogen) atoms. The van der Waals surface area contributed by atoms with Crippen LogP contribution in [0, 0.1) is 0 Å². The van der Waals surface area contributed by atoms with E-state index in [-0.39, 0.29) is 18.3 Å². The number of ether oxygens (including phenoxy) is 1. The Labute approximate surface area is 148 Å². The largest absolute Gasteiger partial charge is 0.381 e. The second-order valence-corrected chi connectivity index (χ2v) is 7.65. The first kappa shape index (κ1) is 18.6. The molecule has 1 aromatic carbocycles. The Morgan fingerprint density at radius 1 is 1.17 bits per heavy atom. The topological polar surface area (TPSA) is 64.4 Å². The number of carbonyl (C=O) groups is 1. The van der Waals surface area contributed by atoms with E-state index in [2.05, 4.69) is 17.4 Å². The summed E-state index contributed by atoms with van der Waals surface area (Å²) in [6.45, 7) is 1.11. The number of hydrogen-bond donors (Lipinski definition) is 2. The first-order chi connectivity index (χ1) is 10.7. The first-order valence-electron chi connectivity index (χ1n) is 8.10. The summed E-state index contributed by atoms with van der Waals surface area (Å²) in [4.78, 5) is 13.6. The van der Waals surface area contributed by atoms with E-state index >= 15 is 0 Å². The Bertz CT molecular complexity index is 512. The molecule has 2 aliphatic rings. The summed E-state index contributed by atoms with van der Waals surface area (Å²) in [7, 11) is 0. The minimum atomic E-state index is -0.796. The average Bonchev–Trinajstić information content (AvgIpc) is 3.03. The quantitative estimate of drug-likeness (QED) is 0.865. The van der Waals surface area contributed by atoms with Crippen LogP contribution in [-0.4, -0.2) is 29.9 Å². The zero-order valence-corrected chi connectivity index (χ0v) is 14.9. The molecule has 0 unspecified atom stereocenters. The van der Waals surface area contributed by atoms with Gasteiger partial charge >= 0.3 is 0 Å². The van der Waals surface area contributed by atoms with E-state index in [9.17, 15) is 4.79 Å². The zero-order valence-electron chi connectivity index (χ0n) is 13.3. The molecular weight excluding hydrogens is 332 g/mol. The lowest BCUT2D eigenvalue weighted by Crippen LogP contribution is -2.54. The monoisotopic (exact) mass is 356 g/mol. The van der Waals surface area contributed by atoms with Gasteiger partial charge in [-0.2, -0.15) is 0 Å². The number of hydrogen-bond acceptors (Lipinski definition) is 4. The molecule has 1 saturated carbocycles. The van der Waals surface area contributed by atoms with Gasteiger partial charge in [0, 0.05) is 29.0 Å². The fourth-order valence-electron chi connectivity index (χ4n) is 3.03. The third-order valence-electron chi connectivity index (χ3n) is 4.55. The van der Waals surface area contributed by atoms with Crippen LogP contribution in [0.3, 0.4) is 0 Å². The minimum absolute atomic E-state index is 0. The van der Waals surface area contributed by atoms with Gasteiger partial charge in [0.1, 0.15) is 5.54 Å². The zero-order chi connectivity index (χ0) is 15.4. The fourth-order valence-corrected chi connectivity index (χ4v) is 4.28. The number of amides is 1. The molecule has 1 aliphatic heterocycles. The van der Waals surface area contributed by atoms with E-state index < -0.39 is 5.54 Å². The van der Waals surface area contributed by atoms with Crippen molar-refractivity contribution in [1.82, 2.24) is 0 Å². The van der Waals surface area contributed by atoms with Crippen molar-refractivity contribution in [2.24, 2.45) is 5.73 Å². The molecule has 0 aromatic heterocycles. The lowest BCUT2D eigenvalue weighted by atomic mass is 9.90. The van der Waals surface area contributed by atoms with Crippen LogP contribution in [0.5, 0.6) is 0 Å². The maximum absolute atomic E-state index is 12.4. The van der Waals surface area contributed by atoms with Crippen LogP contribution in [0.25, 0.3) is 0 Å². The van der Waals surface area contributed by atoms with Crippen molar-refractivity contribution >= 4 is 35.8 Å². The Hall–Kier alpha value is -0.750. The van der Waals surface area contributed by atoms with Gasteiger partial charge in [0.25, 0.3) is 0 Å². The molecule has 4 nitrogen and oxygen atoms in total. The van der Waals surface area contributed by atoms with Crippen LogP contribution in [0.2, 0.25) is 0 Å².